The molecule has 0 aromatic carbocycles. The Morgan fingerprint density at radius 2 is 1.30 bits per heavy atom. The molecule has 0 atom stereocenters. The summed E-state index contributed by atoms with van der Waals surface area (Å²) in [6.07, 6.45) is 0.576. The maximum Gasteiger partial charge on any atom is 0.192 e. The summed E-state index contributed by atoms with van der Waals surface area (Å²) < 4.78 is 17.1. The first-order valence-corrected chi connectivity index (χ1v) is 13.7. The van der Waals surface area contributed by atoms with Crippen molar-refractivity contribution in [3.05, 3.63) is 0 Å². The normalized spacial score (nSPS) is 12.9. The van der Waals surface area contributed by atoms with E-state index in [4.69, 9.17) is 9.26 Å². The highest BCUT2D eigenvalue weighted by Crippen LogP contribution is 2.50. The van der Waals surface area contributed by atoms with Crippen molar-refractivity contribution in [2.24, 2.45) is 0 Å². The van der Waals surface area contributed by atoms with Gasteiger partial charge in [0.05, 0.1) is 19.2 Å². The second-order valence-corrected chi connectivity index (χ2v) is 11.2. The predicted octanol–water partition coefficient (Wildman–Crippen LogP) is 5.43. The number of rotatable bonds is 17. The summed E-state index contributed by atoms with van der Waals surface area (Å²) in [4.78, 5) is 14.3. The monoisotopic (exact) mass is 465 g/mol. The predicted molar refractivity (Wildman–Crippen MR) is 133 cm³/mol. The van der Waals surface area contributed by atoms with Crippen LogP contribution in [0.3, 0.4) is 0 Å². The summed E-state index contributed by atoms with van der Waals surface area (Å²) in [5, 5.41) is 0.196. The summed E-state index contributed by atoms with van der Waals surface area (Å²) in [7, 11) is -0.888. The molecule has 0 fully saturated rings. The maximum atomic E-state index is 12.0. The van der Waals surface area contributed by atoms with Crippen molar-refractivity contribution in [3.63, 3.8) is 0 Å². The molecule has 0 aromatic rings. The van der Waals surface area contributed by atoms with Gasteiger partial charge in [-0.25, -0.2) is 9.34 Å². The van der Waals surface area contributed by atoms with Gasteiger partial charge in [-0.2, -0.15) is 0 Å². The van der Waals surface area contributed by atoms with Crippen LogP contribution in [0.4, 0.5) is 0 Å². The molecule has 30 heavy (non-hydrogen) atoms. The van der Waals surface area contributed by atoms with E-state index in [1.165, 1.54) is 11.8 Å². The molecule has 0 saturated carbocycles. The summed E-state index contributed by atoms with van der Waals surface area (Å²) in [5.74, 6) is 0.397. The third-order valence-corrected chi connectivity index (χ3v) is 8.64. The highest BCUT2D eigenvalue weighted by atomic mass is 32.2. The van der Waals surface area contributed by atoms with Gasteiger partial charge in [0.15, 0.2) is 13.6 Å². The van der Waals surface area contributed by atoms with Crippen LogP contribution in [0.5, 0.6) is 0 Å². The zero-order valence-electron chi connectivity index (χ0n) is 21.2. The molecule has 0 aliphatic rings. The van der Waals surface area contributed by atoms with E-state index in [1.54, 1.807) is 0 Å². The fourth-order valence-electron chi connectivity index (χ4n) is 3.44. The Morgan fingerprint density at radius 3 is 1.70 bits per heavy atom. The Hall–Kier alpha value is 0.250. The number of hydrogen-bond acceptors (Lipinski definition) is 7. The largest absolute Gasteiger partial charge is 0.368 e. The molecule has 0 spiro atoms. The molecule has 0 N–H and O–H groups in total. The van der Waals surface area contributed by atoms with Crippen molar-refractivity contribution in [1.82, 2.24) is 14.2 Å². The molecule has 0 aliphatic heterocycles. The van der Waals surface area contributed by atoms with Gasteiger partial charge in [-0.15, -0.1) is 0 Å². The minimum absolute atomic E-state index is 0.196. The third kappa shape index (κ3) is 11.8. The van der Waals surface area contributed by atoms with Crippen LogP contribution in [0.15, 0.2) is 0 Å². The molecule has 8 heteroatoms. The molecule has 0 aliphatic carbocycles. The van der Waals surface area contributed by atoms with Crippen LogP contribution in [0.1, 0.15) is 75.7 Å². The van der Waals surface area contributed by atoms with E-state index in [0.29, 0.717) is 49.7 Å². The lowest BCUT2D eigenvalue weighted by Crippen LogP contribution is -2.43. The van der Waals surface area contributed by atoms with Crippen LogP contribution in [0, 0.1) is 0 Å². The van der Waals surface area contributed by atoms with Crippen LogP contribution < -0.4 is 0 Å². The zero-order valence-corrected chi connectivity index (χ0v) is 22.9. The van der Waals surface area contributed by atoms with Gasteiger partial charge >= 0.3 is 0 Å². The highest BCUT2D eigenvalue weighted by molar-refractivity contribution is 8.13. The van der Waals surface area contributed by atoms with Crippen molar-refractivity contribution in [2.45, 2.75) is 99.8 Å². The Labute approximate surface area is 192 Å². The first kappa shape index (κ1) is 30.2. The molecular weight excluding hydrogens is 417 g/mol. The second kappa shape index (κ2) is 16.8. The molecule has 0 rings (SSSR count). The molecule has 0 bridgehead atoms. The summed E-state index contributed by atoms with van der Waals surface area (Å²) in [5.41, 5.74) is 0. The lowest BCUT2D eigenvalue weighted by molar-refractivity contribution is -0.111. The number of hydrogen-bond donors (Lipinski definition) is 0. The summed E-state index contributed by atoms with van der Waals surface area (Å²) in [6, 6.07) is 1.60. The van der Waals surface area contributed by atoms with Gasteiger partial charge < -0.3 is 14.2 Å². The maximum absolute atomic E-state index is 12.0. The SMILES string of the molecule is CCN(CC)CCC(=O)SCOCCOP(N(C(C)C)C(C)C)N(C(C)C)C(C)C. The van der Waals surface area contributed by atoms with E-state index in [9.17, 15) is 4.79 Å². The Bertz CT molecular complexity index is 413. The van der Waals surface area contributed by atoms with Crippen LogP contribution in [-0.4, -0.2) is 82.3 Å². The molecule has 180 valence electrons. The Balaban J connectivity index is 4.57. The van der Waals surface area contributed by atoms with E-state index in [-0.39, 0.29) is 5.12 Å². The molecule has 0 unspecified atom stereocenters. The van der Waals surface area contributed by atoms with Crippen molar-refractivity contribution >= 4 is 25.3 Å². The number of carbonyl (C=O) groups is 1. The van der Waals surface area contributed by atoms with Gasteiger partial charge in [-0.1, -0.05) is 25.6 Å². The second-order valence-electron chi connectivity index (χ2n) is 8.54. The van der Waals surface area contributed by atoms with Crippen molar-refractivity contribution < 1.29 is 14.1 Å². The first-order chi connectivity index (χ1) is 14.1. The van der Waals surface area contributed by atoms with E-state index in [2.05, 4.69) is 83.5 Å². The average Bonchev–Trinajstić information content (AvgIpc) is 2.63. The van der Waals surface area contributed by atoms with Gasteiger partial charge in [0.1, 0.15) is 0 Å². The molecule has 0 heterocycles. The fraction of sp³-hybridized carbons (Fsp3) is 0.955. The van der Waals surface area contributed by atoms with Gasteiger partial charge in [0.2, 0.25) is 0 Å². The topological polar surface area (TPSA) is 45.3 Å². The molecular formula is C22H48N3O3PS. The van der Waals surface area contributed by atoms with Crippen LogP contribution in [-0.2, 0) is 14.1 Å². The molecule has 0 aromatic heterocycles. The number of nitrogens with zero attached hydrogens (tertiary/aromatic N) is 3. The van der Waals surface area contributed by atoms with Crippen molar-refractivity contribution in [3.8, 4) is 0 Å². The lowest BCUT2D eigenvalue weighted by Gasteiger charge is -2.45. The van der Waals surface area contributed by atoms with Crippen LogP contribution in [0.25, 0.3) is 0 Å². The molecule has 0 amide bonds. The zero-order chi connectivity index (χ0) is 23.3. The minimum atomic E-state index is -0.888. The van der Waals surface area contributed by atoms with E-state index in [0.717, 1.165) is 19.6 Å². The van der Waals surface area contributed by atoms with E-state index in [1.807, 2.05) is 0 Å². The van der Waals surface area contributed by atoms with Crippen LogP contribution in [0.2, 0.25) is 0 Å². The molecule has 6 nitrogen and oxygen atoms in total. The van der Waals surface area contributed by atoms with Gasteiger partial charge in [-0.3, -0.25) is 4.79 Å². The van der Waals surface area contributed by atoms with Crippen molar-refractivity contribution in [2.75, 3.05) is 38.8 Å². The average molecular weight is 466 g/mol. The summed E-state index contributed by atoms with van der Waals surface area (Å²) >= 11 is 1.27. The number of carbonyl (C=O) groups excluding carboxylic acids is 1. The van der Waals surface area contributed by atoms with Gasteiger partial charge in [0.25, 0.3) is 0 Å². The molecule has 0 radical (unpaired) electrons. The van der Waals surface area contributed by atoms with E-state index < -0.39 is 8.45 Å². The molecule has 0 saturated heterocycles. The number of ether oxygens (including phenoxy) is 1. The Kier molecular flexibility index (Phi) is 17.0. The van der Waals surface area contributed by atoms with Gasteiger partial charge in [-0.05, 0) is 68.5 Å². The quantitative estimate of drug-likeness (QED) is 0.161. The van der Waals surface area contributed by atoms with Gasteiger partial charge in [0, 0.05) is 37.1 Å². The standard InChI is InChI=1S/C22H48N3O3PS/c1-11-23(12-2)14-13-22(26)30-17-27-15-16-28-29(24(18(3)4)19(5)6)25(20(7)8)21(9)10/h18-21H,11-17H2,1-10H3. The number of thioether (sulfide) groups is 1. The first-order valence-electron chi connectivity index (χ1n) is 11.5. The van der Waals surface area contributed by atoms with Crippen molar-refractivity contribution in [1.29, 1.82) is 0 Å². The van der Waals surface area contributed by atoms with E-state index >= 15 is 0 Å². The highest BCUT2D eigenvalue weighted by Gasteiger charge is 2.34. The minimum Gasteiger partial charge on any atom is -0.368 e. The third-order valence-electron chi connectivity index (χ3n) is 4.78. The smallest absolute Gasteiger partial charge is 0.192 e. The Morgan fingerprint density at radius 1 is 0.833 bits per heavy atom. The summed E-state index contributed by atoms with van der Waals surface area (Å²) in [6.45, 7) is 25.9. The fourth-order valence-corrected chi connectivity index (χ4v) is 6.33. The van der Waals surface area contributed by atoms with Crippen LogP contribution >= 0.6 is 20.2 Å². The lowest BCUT2D eigenvalue weighted by atomic mass is 10.3.